The lowest BCUT2D eigenvalue weighted by atomic mass is 10.1. The average molecular weight is 278 g/mol. The van der Waals surface area contributed by atoms with Gasteiger partial charge in [-0.2, -0.15) is 0 Å². The Bertz CT molecular complexity index is 503. The van der Waals surface area contributed by atoms with Crippen LogP contribution in [0.3, 0.4) is 0 Å². The SMILES string of the molecule is CC(C)N(Cc1cccs1)Cc1c(N)cccc1F. The zero-order chi connectivity index (χ0) is 13.8. The van der Waals surface area contributed by atoms with E-state index in [0.717, 1.165) is 6.54 Å². The van der Waals surface area contributed by atoms with Crippen LogP contribution in [0.2, 0.25) is 0 Å². The highest BCUT2D eigenvalue weighted by atomic mass is 32.1. The fourth-order valence-corrected chi connectivity index (χ4v) is 2.70. The van der Waals surface area contributed by atoms with Crippen LogP contribution < -0.4 is 5.73 Å². The lowest BCUT2D eigenvalue weighted by Crippen LogP contribution is -2.30. The van der Waals surface area contributed by atoms with Crippen molar-refractivity contribution in [1.82, 2.24) is 4.90 Å². The summed E-state index contributed by atoms with van der Waals surface area (Å²) in [5, 5.41) is 2.06. The van der Waals surface area contributed by atoms with E-state index in [0.29, 0.717) is 23.8 Å². The Balaban J connectivity index is 2.17. The summed E-state index contributed by atoms with van der Waals surface area (Å²) in [6.07, 6.45) is 0. The average Bonchev–Trinajstić information content (AvgIpc) is 2.85. The van der Waals surface area contributed by atoms with Gasteiger partial charge >= 0.3 is 0 Å². The van der Waals surface area contributed by atoms with E-state index in [1.165, 1.54) is 10.9 Å². The van der Waals surface area contributed by atoms with Gasteiger partial charge in [-0.15, -0.1) is 11.3 Å². The molecule has 0 unspecified atom stereocenters. The summed E-state index contributed by atoms with van der Waals surface area (Å²) in [4.78, 5) is 3.50. The summed E-state index contributed by atoms with van der Waals surface area (Å²) in [5.74, 6) is -0.225. The smallest absolute Gasteiger partial charge is 0.129 e. The maximum absolute atomic E-state index is 13.8. The van der Waals surface area contributed by atoms with Gasteiger partial charge in [0.05, 0.1) is 0 Å². The van der Waals surface area contributed by atoms with E-state index >= 15 is 0 Å². The minimum Gasteiger partial charge on any atom is -0.398 e. The summed E-state index contributed by atoms with van der Waals surface area (Å²) in [6, 6.07) is 9.34. The van der Waals surface area contributed by atoms with Crippen LogP contribution in [0.5, 0.6) is 0 Å². The molecule has 19 heavy (non-hydrogen) atoms. The van der Waals surface area contributed by atoms with E-state index in [9.17, 15) is 4.39 Å². The van der Waals surface area contributed by atoms with Crippen LogP contribution in [-0.4, -0.2) is 10.9 Å². The number of rotatable bonds is 5. The predicted molar refractivity (Wildman–Crippen MR) is 79.5 cm³/mol. The fourth-order valence-electron chi connectivity index (χ4n) is 1.97. The number of benzene rings is 1. The highest BCUT2D eigenvalue weighted by molar-refractivity contribution is 7.09. The Labute approximate surface area is 117 Å². The molecule has 102 valence electrons. The maximum Gasteiger partial charge on any atom is 0.129 e. The molecule has 0 bridgehead atoms. The Morgan fingerprint density at radius 1 is 1.21 bits per heavy atom. The lowest BCUT2D eigenvalue weighted by molar-refractivity contribution is 0.203. The number of hydrogen-bond acceptors (Lipinski definition) is 3. The van der Waals surface area contributed by atoms with Gasteiger partial charge in [0, 0.05) is 35.3 Å². The largest absolute Gasteiger partial charge is 0.398 e. The molecular weight excluding hydrogens is 259 g/mol. The molecule has 2 rings (SSSR count). The van der Waals surface area contributed by atoms with Crippen LogP contribution in [0.15, 0.2) is 35.7 Å². The standard InChI is InChI=1S/C15H19FN2S/c1-11(2)18(9-12-5-4-8-19-12)10-13-14(16)6-3-7-15(13)17/h3-8,11H,9-10,17H2,1-2H3. The Morgan fingerprint density at radius 2 is 2.00 bits per heavy atom. The zero-order valence-electron chi connectivity index (χ0n) is 11.3. The second kappa shape index (κ2) is 6.17. The molecule has 0 fully saturated rings. The molecule has 2 nitrogen and oxygen atoms in total. The summed E-state index contributed by atoms with van der Waals surface area (Å²) >= 11 is 1.72. The third-order valence-electron chi connectivity index (χ3n) is 3.19. The summed E-state index contributed by atoms with van der Waals surface area (Å²) in [6.45, 7) is 5.59. The van der Waals surface area contributed by atoms with Crippen LogP contribution in [0, 0.1) is 5.82 Å². The first-order valence-corrected chi connectivity index (χ1v) is 7.25. The molecule has 1 aromatic carbocycles. The number of nitrogens with zero attached hydrogens (tertiary/aromatic N) is 1. The first-order chi connectivity index (χ1) is 9.08. The minimum absolute atomic E-state index is 0.225. The van der Waals surface area contributed by atoms with Crippen molar-refractivity contribution in [3.8, 4) is 0 Å². The van der Waals surface area contributed by atoms with Crippen molar-refractivity contribution >= 4 is 17.0 Å². The van der Waals surface area contributed by atoms with E-state index in [2.05, 4.69) is 30.2 Å². The van der Waals surface area contributed by atoms with E-state index < -0.39 is 0 Å². The first-order valence-electron chi connectivity index (χ1n) is 6.37. The van der Waals surface area contributed by atoms with Gasteiger partial charge in [0.15, 0.2) is 0 Å². The molecule has 0 aliphatic rings. The summed E-state index contributed by atoms with van der Waals surface area (Å²) in [7, 11) is 0. The fraction of sp³-hybridized carbons (Fsp3) is 0.333. The van der Waals surface area contributed by atoms with Gasteiger partial charge in [-0.05, 0) is 37.4 Å². The predicted octanol–water partition coefficient (Wildman–Crippen LogP) is 3.88. The molecule has 0 saturated carbocycles. The second-order valence-corrected chi connectivity index (χ2v) is 5.92. The molecule has 4 heteroatoms. The quantitative estimate of drug-likeness (QED) is 0.841. The van der Waals surface area contributed by atoms with Gasteiger partial charge in [0.1, 0.15) is 5.82 Å². The minimum atomic E-state index is -0.225. The Hall–Kier alpha value is -1.39. The summed E-state index contributed by atoms with van der Waals surface area (Å²) < 4.78 is 13.8. The van der Waals surface area contributed by atoms with Gasteiger partial charge in [0.25, 0.3) is 0 Å². The van der Waals surface area contributed by atoms with Crippen LogP contribution >= 0.6 is 11.3 Å². The molecule has 1 heterocycles. The molecule has 1 aromatic heterocycles. The molecule has 2 aromatic rings. The van der Waals surface area contributed by atoms with Crippen molar-refractivity contribution in [1.29, 1.82) is 0 Å². The van der Waals surface area contributed by atoms with Crippen LogP contribution in [0.4, 0.5) is 10.1 Å². The van der Waals surface area contributed by atoms with Gasteiger partial charge < -0.3 is 5.73 Å². The highest BCUT2D eigenvalue weighted by Crippen LogP contribution is 2.21. The van der Waals surface area contributed by atoms with E-state index in [1.807, 2.05) is 6.07 Å². The van der Waals surface area contributed by atoms with E-state index in [4.69, 9.17) is 5.73 Å². The summed E-state index contributed by atoms with van der Waals surface area (Å²) in [5.41, 5.74) is 6.99. The molecular formula is C15H19FN2S. The zero-order valence-corrected chi connectivity index (χ0v) is 12.1. The Kier molecular flexibility index (Phi) is 4.56. The lowest BCUT2D eigenvalue weighted by Gasteiger charge is -2.26. The maximum atomic E-state index is 13.8. The second-order valence-electron chi connectivity index (χ2n) is 4.89. The molecule has 0 atom stereocenters. The van der Waals surface area contributed by atoms with Crippen molar-refractivity contribution in [2.45, 2.75) is 33.0 Å². The van der Waals surface area contributed by atoms with Gasteiger partial charge in [-0.3, -0.25) is 4.90 Å². The molecule has 0 amide bonds. The van der Waals surface area contributed by atoms with Crippen molar-refractivity contribution in [2.24, 2.45) is 0 Å². The number of thiophene rings is 1. The van der Waals surface area contributed by atoms with Crippen molar-refractivity contribution in [3.05, 3.63) is 52.0 Å². The van der Waals surface area contributed by atoms with Crippen molar-refractivity contribution in [2.75, 3.05) is 5.73 Å². The number of halogens is 1. The van der Waals surface area contributed by atoms with Crippen LogP contribution in [0.25, 0.3) is 0 Å². The van der Waals surface area contributed by atoms with Gasteiger partial charge in [-0.25, -0.2) is 4.39 Å². The Morgan fingerprint density at radius 3 is 2.58 bits per heavy atom. The van der Waals surface area contributed by atoms with Crippen LogP contribution in [-0.2, 0) is 13.1 Å². The molecule has 2 N–H and O–H groups in total. The highest BCUT2D eigenvalue weighted by Gasteiger charge is 2.15. The van der Waals surface area contributed by atoms with Crippen molar-refractivity contribution in [3.63, 3.8) is 0 Å². The number of anilines is 1. The number of hydrogen-bond donors (Lipinski definition) is 1. The molecule has 0 spiro atoms. The van der Waals surface area contributed by atoms with Crippen molar-refractivity contribution < 1.29 is 4.39 Å². The molecule has 0 aliphatic carbocycles. The number of nitrogen functional groups attached to an aromatic ring is 1. The third kappa shape index (κ3) is 3.55. The molecule has 0 saturated heterocycles. The first kappa shape index (κ1) is 14.0. The monoisotopic (exact) mass is 278 g/mol. The third-order valence-corrected chi connectivity index (χ3v) is 4.05. The van der Waals surface area contributed by atoms with Gasteiger partial charge in [-0.1, -0.05) is 12.1 Å². The molecule has 0 radical (unpaired) electrons. The van der Waals surface area contributed by atoms with Crippen LogP contribution in [0.1, 0.15) is 24.3 Å². The van der Waals surface area contributed by atoms with Gasteiger partial charge in [0.2, 0.25) is 0 Å². The van der Waals surface area contributed by atoms with E-state index in [1.54, 1.807) is 23.5 Å². The normalized spacial score (nSPS) is 11.4. The topological polar surface area (TPSA) is 29.3 Å². The molecule has 0 aliphatic heterocycles. The van der Waals surface area contributed by atoms with E-state index in [-0.39, 0.29) is 5.82 Å². The number of nitrogens with two attached hydrogens (primary N) is 1.